The number of nitrogens with one attached hydrogen (secondary N) is 1. The van der Waals surface area contributed by atoms with E-state index in [1.165, 1.54) is 48.5 Å². The molecule has 3 aromatic carbocycles. The highest BCUT2D eigenvalue weighted by Gasteiger charge is 2.23. The van der Waals surface area contributed by atoms with Gasteiger partial charge in [0.25, 0.3) is 5.91 Å². The summed E-state index contributed by atoms with van der Waals surface area (Å²) < 4.78 is 25.5. The van der Waals surface area contributed by atoms with E-state index in [9.17, 15) is 28.5 Å². The number of halogens is 2. The number of benzene rings is 3. The lowest BCUT2D eigenvalue weighted by Gasteiger charge is -2.13. The van der Waals surface area contributed by atoms with E-state index in [0.29, 0.717) is 11.4 Å². The van der Waals surface area contributed by atoms with E-state index in [4.69, 9.17) is 23.2 Å². The van der Waals surface area contributed by atoms with Gasteiger partial charge in [0.1, 0.15) is 0 Å². The number of hydrogen-bond acceptors (Lipinski definition) is 6. The highest BCUT2D eigenvalue weighted by atomic mass is 35.5. The second-order valence-electron chi connectivity index (χ2n) is 6.54. The summed E-state index contributed by atoms with van der Waals surface area (Å²) in [5, 5.41) is 32.5. The Labute approximate surface area is 188 Å². The zero-order chi connectivity index (χ0) is 22.9. The van der Waals surface area contributed by atoms with Crippen LogP contribution in [-0.2, 0) is 16.3 Å². The van der Waals surface area contributed by atoms with Gasteiger partial charge in [0.2, 0.25) is 15.6 Å². The fourth-order valence-corrected chi connectivity index (χ4v) is 4.55. The smallest absolute Gasteiger partial charge is 0.259 e. The van der Waals surface area contributed by atoms with Crippen LogP contribution in [0, 0.1) is 0 Å². The summed E-state index contributed by atoms with van der Waals surface area (Å²) in [4.78, 5) is 12.5. The molecule has 3 rings (SSSR count). The molecule has 1 amide bonds. The molecule has 7 nitrogen and oxygen atoms in total. The first-order valence-corrected chi connectivity index (χ1v) is 11.2. The number of phenolic OH excluding ortho intramolecular Hbond substituents is 3. The number of phenols is 3. The second kappa shape index (κ2) is 8.66. The van der Waals surface area contributed by atoms with Crippen molar-refractivity contribution in [1.29, 1.82) is 0 Å². The van der Waals surface area contributed by atoms with Gasteiger partial charge < -0.3 is 20.6 Å². The highest BCUT2D eigenvalue weighted by Crippen LogP contribution is 2.41. The molecule has 0 atom stereocenters. The van der Waals surface area contributed by atoms with E-state index in [2.05, 4.69) is 5.32 Å². The number of aryl methyl sites for hydroxylation is 1. The van der Waals surface area contributed by atoms with Crippen molar-refractivity contribution in [2.75, 3.05) is 5.32 Å². The Hall–Kier alpha value is -2.94. The molecule has 0 aromatic heterocycles. The average Bonchev–Trinajstić information content (AvgIpc) is 2.74. The van der Waals surface area contributed by atoms with E-state index in [0.717, 1.165) is 0 Å². The third-order valence-electron chi connectivity index (χ3n) is 4.57. The van der Waals surface area contributed by atoms with Gasteiger partial charge in [-0.05, 0) is 60.5 Å². The van der Waals surface area contributed by atoms with Gasteiger partial charge in [0.15, 0.2) is 11.5 Å². The molecule has 31 heavy (non-hydrogen) atoms. The topological polar surface area (TPSA) is 124 Å². The van der Waals surface area contributed by atoms with Crippen LogP contribution < -0.4 is 5.32 Å². The average molecular weight is 482 g/mol. The van der Waals surface area contributed by atoms with Crippen LogP contribution in [0.25, 0.3) is 0 Å². The number of amides is 1. The van der Waals surface area contributed by atoms with Gasteiger partial charge in [-0.3, -0.25) is 4.79 Å². The fourth-order valence-electron chi connectivity index (χ4n) is 2.85. The molecule has 0 heterocycles. The lowest BCUT2D eigenvalue weighted by Crippen LogP contribution is -2.13. The molecule has 0 fully saturated rings. The van der Waals surface area contributed by atoms with E-state index >= 15 is 0 Å². The van der Waals surface area contributed by atoms with E-state index in [-0.39, 0.29) is 31.6 Å². The molecule has 10 heteroatoms. The molecule has 3 aromatic rings. The summed E-state index contributed by atoms with van der Waals surface area (Å²) in [5.74, 6) is -2.91. The molecular formula is C21H17Cl2NO6S. The zero-order valence-corrected chi connectivity index (χ0v) is 18.4. The van der Waals surface area contributed by atoms with Crippen molar-refractivity contribution in [3.8, 4) is 17.2 Å². The first-order chi connectivity index (χ1) is 14.6. The normalized spacial score (nSPS) is 11.3. The van der Waals surface area contributed by atoms with E-state index in [1.54, 1.807) is 6.92 Å². The van der Waals surface area contributed by atoms with Crippen LogP contribution in [0.3, 0.4) is 0 Å². The Morgan fingerprint density at radius 1 is 0.903 bits per heavy atom. The maximum Gasteiger partial charge on any atom is 0.259 e. The highest BCUT2D eigenvalue weighted by molar-refractivity contribution is 7.91. The van der Waals surface area contributed by atoms with Gasteiger partial charge in [0.05, 0.1) is 26.1 Å². The summed E-state index contributed by atoms with van der Waals surface area (Å²) in [7, 11) is -3.86. The molecule has 162 valence electrons. The Balaban J connectivity index is 1.92. The lowest BCUT2D eigenvalue weighted by atomic mass is 10.0. The molecule has 0 unspecified atom stereocenters. The molecule has 0 saturated carbocycles. The summed E-state index contributed by atoms with van der Waals surface area (Å²) in [5.41, 5.74) is 0.0729. The molecule has 0 bridgehead atoms. The predicted octanol–water partition coefficient (Wildman–Crippen LogP) is 4.76. The Kier molecular flexibility index (Phi) is 6.35. The van der Waals surface area contributed by atoms with Crippen LogP contribution >= 0.6 is 23.2 Å². The summed E-state index contributed by atoms with van der Waals surface area (Å²) >= 11 is 12.0. The van der Waals surface area contributed by atoms with Crippen LogP contribution in [0.2, 0.25) is 10.0 Å². The van der Waals surface area contributed by atoms with E-state index in [1.807, 2.05) is 0 Å². The first-order valence-electron chi connectivity index (χ1n) is 8.94. The third-order valence-corrected chi connectivity index (χ3v) is 6.91. The van der Waals surface area contributed by atoms with Crippen molar-refractivity contribution < 1.29 is 28.5 Å². The van der Waals surface area contributed by atoms with Gasteiger partial charge >= 0.3 is 0 Å². The SMILES string of the molecule is CCc1cc(C(=O)Nc2ccc(S(=O)(=O)c3ccc(Cl)cc3)cc2Cl)c(O)c(O)c1O. The van der Waals surface area contributed by atoms with Crippen molar-refractivity contribution in [3.63, 3.8) is 0 Å². The largest absolute Gasteiger partial charge is 0.504 e. The van der Waals surface area contributed by atoms with Crippen molar-refractivity contribution in [2.45, 2.75) is 23.1 Å². The number of carbonyl (C=O) groups excluding carboxylic acids is 1. The van der Waals surface area contributed by atoms with Gasteiger partial charge in [-0.2, -0.15) is 0 Å². The molecule has 0 aliphatic carbocycles. The van der Waals surface area contributed by atoms with Gasteiger partial charge in [-0.1, -0.05) is 30.1 Å². The standard InChI is InChI=1S/C21H17Cl2NO6S/c1-2-11-9-15(19(26)20(27)18(11)25)21(28)24-17-8-7-14(10-16(17)23)31(29,30)13-5-3-12(22)4-6-13/h3-10,25-27H,2H2,1H3,(H,24,28). The number of aromatic hydroxyl groups is 3. The Morgan fingerprint density at radius 2 is 1.52 bits per heavy atom. The minimum Gasteiger partial charge on any atom is -0.504 e. The number of rotatable bonds is 5. The zero-order valence-electron chi connectivity index (χ0n) is 16.1. The molecule has 0 aliphatic heterocycles. The van der Waals surface area contributed by atoms with Crippen LogP contribution in [0.4, 0.5) is 5.69 Å². The third kappa shape index (κ3) is 4.41. The van der Waals surface area contributed by atoms with Crippen molar-refractivity contribution in [2.24, 2.45) is 0 Å². The maximum absolute atomic E-state index is 12.8. The van der Waals surface area contributed by atoms with E-state index < -0.39 is 33.0 Å². The minimum atomic E-state index is -3.86. The maximum atomic E-state index is 12.8. The number of carbonyl (C=O) groups is 1. The quantitative estimate of drug-likeness (QED) is 0.389. The molecule has 4 N–H and O–H groups in total. The van der Waals surface area contributed by atoms with Gasteiger partial charge in [0, 0.05) is 5.02 Å². The molecule has 0 radical (unpaired) electrons. The molecule has 0 spiro atoms. The predicted molar refractivity (Wildman–Crippen MR) is 117 cm³/mol. The van der Waals surface area contributed by atoms with Gasteiger partial charge in [-0.25, -0.2) is 8.42 Å². The Bertz CT molecular complexity index is 1270. The number of sulfone groups is 1. The van der Waals surface area contributed by atoms with Crippen molar-refractivity contribution in [3.05, 3.63) is 69.7 Å². The Morgan fingerprint density at radius 3 is 2.10 bits per heavy atom. The molecule has 0 saturated heterocycles. The number of hydrogen-bond donors (Lipinski definition) is 4. The van der Waals surface area contributed by atoms with Crippen LogP contribution in [0.15, 0.2) is 58.3 Å². The summed E-state index contributed by atoms with van der Waals surface area (Å²) in [6.45, 7) is 1.70. The monoisotopic (exact) mass is 481 g/mol. The lowest BCUT2D eigenvalue weighted by molar-refractivity contribution is 0.102. The second-order valence-corrected chi connectivity index (χ2v) is 9.33. The summed E-state index contributed by atoms with van der Waals surface area (Å²) in [6.07, 6.45) is 0.304. The van der Waals surface area contributed by atoms with Gasteiger partial charge in [-0.15, -0.1) is 0 Å². The van der Waals surface area contributed by atoms with Crippen LogP contribution in [0.5, 0.6) is 17.2 Å². The van der Waals surface area contributed by atoms with Crippen molar-refractivity contribution >= 4 is 44.6 Å². The van der Waals surface area contributed by atoms with Crippen LogP contribution in [0.1, 0.15) is 22.8 Å². The number of anilines is 1. The van der Waals surface area contributed by atoms with Crippen molar-refractivity contribution in [1.82, 2.24) is 0 Å². The molecule has 0 aliphatic rings. The fraction of sp³-hybridized carbons (Fsp3) is 0.0952. The molecular weight excluding hydrogens is 465 g/mol. The first kappa shape index (κ1) is 22.7. The summed E-state index contributed by atoms with van der Waals surface area (Å²) in [6, 6.07) is 10.7. The van der Waals surface area contributed by atoms with Crippen LogP contribution in [-0.4, -0.2) is 29.6 Å². The minimum absolute atomic E-state index is 0.0290.